The van der Waals surface area contributed by atoms with Gasteiger partial charge in [-0.05, 0) is 24.5 Å². The first-order chi connectivity index (χ1) is 10.9. The highest BCUT2D eigenvalue weighted by Gasteiger charge is 2.50. The Morgan fingerprint density at radius 3 is 2.57 bits per heavy atom. The first kappa shape index (κ1) is 15.9. The molecule has 0 amide bonds. The summed E-state index contributed by atoms with van der Waals surface area (Å²) in [7, 11) is 0. The second-order valence-electron chi connectivity index (χ2n) is 5.90. The van der Waals surface area contributed by atoms with Gasteiger partial charge in [0, 0.05) is 25.0 Å². The Bertz CT molecular complexity index is 680. The first-order valence-electron chi connectivity index (χ1n) is 7.28. The third-order valence-electron chi connectivity index (χ3n) is 4.68. The lowest BCUT2D eigenvalue weighted by Crippen LogP contribution is -2.51. The summed E-state index contributed by atoms with van der Waals surface area (Å²) < 4.78 is 0. The summed E-state index contributed by atoms with van der Waals surface area (Å²) in [4.78, 5) is 37.3. The maximum atomic E-state index is 12.2. The van der Waals surface area contributed by atoms with E-state index in [1.54, 1.807) is 0 Å². The van der Waals surface area contributed by atoms with Crippen LogP contribution in [-0.4, -0.2) is 49.9 Å². The number of aromatic nitrogens is 1. The summed E-state index contributed by atoms with van der Waals surface area (Å²) in [5.41, 5.74) is 2.14. The molecule has 3 aliphatic rings. The average molecular weight is 339 g/mol. The van der Waals surface area contributed by atoms with E-state index in [1.165, 1.54) is 0 Å². The molecule has 2 saturated heterocycles. The maximum absolute atomic E-state index is 12.2. The van der Waals surface area contributed by atoms with Crippen LogP contribution in [0.25, 0.3) is 0 Å². The third kappa shape index (κ3) is 2.82. The number of ketones is 1. The molecule has 8 heteroatoms. The molecule has 0 saturated carbocycles. The molecule has 0 aromatic carbocycles. The lowest BCUT2D eigenvalue weighted by atomic mass is 9.79. The number of fused-ring (bicyclic) bond motifs is 2. The number of Topliss-reactive ketones (excluding diaryl/α,β-unsaturated/α-hetero) is 1. The number of carboxylic acids is 2. The van der Waals surface area contributed by atoms with Crippen LogP contribution in [0.2, 0.25) is 5.15 Å². The molecule has 4 heterocycles. The predicted octanol–water partition coefficient (Wildman–Crippen LogP) is 1.29. The van der Waals surface area contributed by atoms with E-state index in [0.29, 0.717) is 23.0 Å². The fourth-order valence-electron chi connectivity index (χ4n) is 3.81. The number of hydrogen-bond acceptors (Lipinski definition) is 5. The number of rotatable bonds is 0. The highest BCUT2D eigenvalue weighted by molar-refractivity contribution is 6.29. The van der Waals surface area contributed by atoms with Crippen LogP contribution >= 0.6 is 11.6 Å². The van der Waals surface area contributed by atoms with Crippen molar-refractivity contribution in [3.8, 4) is 0 Å². The van der Waals surface area contributed by atoms with E-state index in [0.717, 1.165) is 37.1 Å². The first-order valence-corrected chi connectivity index (χ1v) is 7.66. The zero-order valence-corrected chi connectivity index (χ0v) is 12.9. The topological polar surface area (TPSA) is 108 Å². The van der Waals surface area contributed by atoms with Gasteiger partial charge in [-0.3, -0.25) is 9.69 Å². The van der Waals surface area contributed by atoms with Crippen molar-refractivity contribution in [1.29, 1.82) is 0 Å². The molecule has 122 valence electrons. The van der Waals surface area contributed by atoms with Gasteiger partial charge in [-0.1, -0.05) is 17.7 Å². The molecule has 4 rings (SSSR count). The maximum Gasteiger partial charge on any atom is 0.414 e. The molecule has 3 aliphatic heterocycles. The molecule has 2 fully saturated rings. The smallest absolute Gasteiger partial charge is 0.414 e. The highest BCUT2D eigenvalue weighted by Crippen LogP contribution is 2.47. The van der Waals surface area contributed by atoms with E-state index < -0.39 is 11.9 Å². The van der Waals surface area contributed by atoms with Crippen molar-refractivity contribution in [2.75, 3.05) is 0 Å². The molecule has 1 aromatic rings. The number of hydrogen-bond donors (Lipinski definition) is 2. The molecule has 0 spiro atoms. The Hall–Kier alpha value is -1.99. The van der Waals surface area contributed by atoms with Crippen molar-refractivity contribution in [3.63, 3.8) is 0 Å². The average Bonchev–Trinajstić information content (AvgIpc) is 2.77. The number of nitrogens with zero attached hydrogens (tertiary/aromatic N) is 2. The summed E-state index contributed by atoms with van der Waals surface area (Å²) >= 11 is 5.94. The van der Waals surface area contributed by atoms with Gasteiger partial charge in [-0.15, -0.1) is 0 Å². The zero-order valence-electron chi connectivity index (χ0n) is 12.1. The Morgan fingerprint density at radius 2 is 1.91 bits per heavy atom. The van der Waals surface area contributed by atoms with Crippen LogP contribution in [0.5, 0.6) is 0 Å². The van der Waals surface area contributed by atoms with Gasteiger partial charge in [-0.25, -0.2) is 14.6 Å². The minimum absolute atomic E-state index is 0.0577. The lowest BCUT2D eigenvalue weighted by molar-refractivity contribution is -0.159. The Kier molecular flexibility index (Phi) is 4.08. The number of piperidine rings is 1. The Labute approximate surface area is 136 Å². The van der Waals surface area contributed by atoms with Crippen LogP contribution in [0.3, 0.4) is 0 Å². The van der Waals surface area contributed by atoms with Crippen molar-refractivity contribution in [2.45, 2.75) is 43.8 Å². The summed E-state index contributed by atoms with van der Waals surface area (Å²) in [6, 6.07) is 4.70. The second kappa shape index (κ2) is 5.90. The van der Waals surface area contributed by atoms with Gasteiger partial charge in [0.25, 0.3) is 0 Å². The Balaban J connectivity index is 0.000000227. The van der Waals surface area contributed by atoms with Crippen LogP contribution in [0, 0.1) is 0 Å². The van der Waals surface area contributed by atoms with Gasteiger partial charge in [0.1, 0.15) is 10.9 Å². The third-order valence-corrected chi connectivity index (χ3v) is 4.90. The van der Waals surface area contributed by atoms with Crippen molar-refractivity contribution in [3.05, 3.63) is 28.5 Å². The summed E-state index contributed by atoms with van der Waals surface area (Å²) in [5, 5.41) is 15.3. The van der Waals surface area contributed by atoms with Crippen LogP contribution < -0.4 is 0 Å². The molecule has 7 nitrogen and oxygen atoms in total. The molecule has 4 atom stereocenters. The van der Waals surface area contributed by atoms with Crippen molar-refractivity contribution in [2.24, 2.45) is 0 Å². The summed E-state index contributed by atoms with van der Waals surface area (Å²) in [6.07, 6.45) is 3.04. The number of halogens is 1. The molecule has 4 bridgehead atoms. The summed E-state index contributed by atoms with van der Waals surface area (Å²) in [6.45, 7) is 0.870. The molecule has 0 aliphatic carbocycles. The zero-order chi connectivity index (χ0) is 16.7. The van der Waals surface area contributed by atoms with Crippen LogP contribution in [0.4, 0.5) is 0 Å². The lowest BCUT2D eigenvalue weighted by Gasteiger charge is -2.43. The quantitative estimate of drug-likeness (QED) is 0.542. The largest absolute Gasteiger partial charge is 0.473 e. The van der Waals surface area contributed by atoms with E-state index in [4.69, 9.17) is 31.4 Å². The minimum Gasteiger partial charge on any atom is -0.473 e. The van der Waals surface area contributed by atoms with Crippen LogP contribution in [0.15, 0.2) is 12.1 Å². The highest BCUT2D eigenvalue weighted by atomic mass is 35.5. The number of carbonyl (C=O) groups is 3. The molecule has 2 unspecified atom stereocenters. The van der Waals surface area contributed by atoms with E-state index in [1.807, 2.05) is 12.1 Å². The van der Waals surface area contributed by atoms with Gasteiger partial charge in [0.2, 0.25) is 0 Å². The minimum atomic E-state index is -1.82. The number of carboxylic acid groups (broad SMARTS) is 2. The molecular formula is C15H15ClN2O5. The van der Waals surface area contributed by atoms with Crippen LogP contribution in [-0.2, 0) is 20.9 Å². The van der Waals surface area contributed by atoms with E-state index in [-0.39, 0.29) is 5.92 Å². The van der Waals surface area contributed by atoms with Gasteiger partial charge >= 0.3 is 11.9 Å². The fourth-order valence-corrected chi connectivity index (χ4v) is 3.98. The van der Waals surface area contributed by atoms with Gasteiger partial charge < -0.3 is 10.2 Å². The number of pyridine rings is 1. The molecule has 0 radical (unpaired) electrons. The van der Waals surface area contributed by atoms with Crippen molar-refractivity contribution in [1.82, 2.24) is 9.88 Å². The van der Waals surface area contributed by atoms with E-state index in [9.17, 15) is 4.79 Å². The number of aliphatic carboxylic acids is 2. The second-order valence-corrected chi connectivity index (χ2v) is 6.29. The van der Waals surface area contributed by atoms with Crippen molar-refractivity contribution >= 4 is 29.3 Å². The molecule has 2 N–H and O–H groups in total. The predicted molar refractivity (Wildman–Crippen MR) is 79.2 cm³/mol. The number of carbonyl (C=O) groups excluding carboxylic acids is 1. The van der Waals surface area contributed by atoms with Crippen molar-refractivity contribution < 1.29 is 24.6 Å². The molecular weight excluding hydrogens is 324 g/mol. The molecule has 1 aromatic heterocycles. The monoisotopic (exact) mass is 338 g/mol. The standard InChI is InChI=1S/C13H13ClN2O.C2H2O4/c14-12-4-2-8-9(15-12)6-16-7-1-3-10(16)13(8)11(17)5-7;3-1(4)2(5)6/h2,4,7,10,13H,1,3,5-6H2;(H,3,4)(H,5,6)/t7-,10+,13?;/m0./s1. The van der Waals surface area contributed by atoms with E-state index in [2.05, 4.69) is 9.88 Å². The Morgan fingerprint density at radius 1 is 1.22 bits per heavy atom. The molecule has 23 heavy (non-hydrogen) atoms. The fraction of sp³-hybridized carbons (Fsp3) is 0.467. The van der Waals surface area contributed by atoms with Gasteiger partial charge in [-0.2, -0.15) is 0 Å². The van der Waals surface area contributed by atoms with Gasteiger partial charge in [0.15, 0.2) is 0 Å². The van der Waals surface area contributed by atoms with E-state index >= 15 is 0 Å². The normalized spacial score (nSPS) is 30.0. The van der Waals surface area contributed by atoms with Crippen LogP contribution in [0.1, 0.15) is 36.4 Å². The summed E-state index contributed by atoms with van der Waals surface area (Å²) in [5.74, 6) is -3.19. The SMILES string of the molecule is O=C(O)C(=O)O.O=C1C[C@@H]2CC[C@@H]3C1c1ccc(Cl)nc1CN23. The van der Waals surface area contributed by atoms with Gasteiger partial charge in [0.05, 0.1) is 11.6 Å².